The number of carbonyl (C=O) groups excluding carboxylic acids is 1. The molecule has 2 aliphatic rings. The van der Waals surface area contributed by atoms with Crippen molar-refractivity contribution >= 4 is 5.97 Å². The molecule has 0 aromatic heterocycles. The molecule has 0 aliphatic carbocycles. The number of halogens is 3. The Morgan fingerprint density at radius 1 is 0.886 bits per heavy atom. The van der Waals surface area contributed by atoms with Gasteiger partial charge in [0.15, 0.2) is 23.2 Å². The highest BCUT2D eigenvalue weighted by molar-refractivity contribution is 5.76. The van der Waals surface area contributed by atoms with Crippen LogP contribution in [0, 0.1) is 23.4 Å². The lowest BCUT2D eigenvalue weighted by molar-refractivity contribution is -0.144. The van der Waals surface area contributed by atoms with Crippen LogP contribution in [0.25, 0.3) is 22.3 Å². The van der Waals surface area contributed by atoms with Gasteiger partial charge in [-0.3, -0.25) is 4.79 Å². The van der Waals surface area contributed by atoms with Crippen molar-refractivity contribution < 1.29 is 32.2 Å². The number of rotatable bonds is 6. The Bertz CT molecular complexity index is 1260. The molecule has 3 aromatic rings. The third kappa shape index (κ3) is 4.88. The summed E-state index contributed by atoms with van der Waals surface area (Å²) in [6, 6.07) is 14.1. The maximum atomic E-state index is 14.7. The Kier molecular flexibility index (Phi) is 6.45. The van der Waals surface area contributed by atoms with Gasteiger partial charge >= 0.3 is 5.97 Å². The molecule has 4 nitrogen and oxygen atoms in total. The molecule has 0 bridgehead atoms. The van der Waals surface area contributed by atoms with E-state index in [2.05, 4.69) is 6.58 Å². The molecule has 2 fully saturated rings. The van der Waals surface area contributed by atoms with Crippen LogP contribution in [0.1, 0.15) is 24.5 Å². The molecule has 3 atom stereocenters. The van der Waals surface area contributed by atoms with Gasteiger partial charge in [0.25, 0.3) is 0 Å². The van der Waals surface area contributed by atoms with E-state index in [9.17, 15) is 18.0 Å². The molecule has 5 rings (SSSR count). The van der Waals surface area contributed by atoms with Gasteiger partial charge in [-0.1, -0.05) is 48.5 Å². The first kappa shape index (κ1) is 23.3. The Labute approximate surface area is 200 Å². The van der Waals surface area contributed by atoms with Crippen molar-refractivity contribution in [3.05, 3.63) is 90.3 Å². The van der Waals surface area contributed by atoms with Gasteiger partial charge in [0, 0.05) is 11.1 Å². The number of hydrogen-bond donors (Lipinski definition) is 0. The number of hydrogen-bond acceptors (Lipinski definition) is 4. The topological polar surface area (TPSA) is 48.1 Å². The van der Waals surface area contributed by atoms with Crippen LogP contribution in [0.5, 0.6) is 5.75 Å². The molecule has 7 heteroatoms. The van der Waals surface area contributed by atoms with Gasteiger partial charge in [0.2, 0.25) is 0 Å². The molecule has 0 radical (unpaired) electrons. The first-order valence-electron chi connectivity index (χ1n) is 11.4. The number of ether oxygens (including phenoxy) is 3. The lowest BCUT2D eigenvalue weighted by Crippen LogP contribution is -2.32. The fourth-order valence-electron chi connectivity index (χ4n) is 4.20. The van der Waals surface area contributed by atoms with Crippen molar-refractivity contribution in [3.8, 4) is 28.0 Å². The van der Waals surface area contributed by atoms with Crippen LogP contribution in [0.3, 0.4) is 0 Å². The second-order valence-corrected chi connectivity index (χ2v) is 8.68. The van der Waals surface area contributed by atoms with Crippen LogP contribution < -0.4 is 4.74 Å². The zero-order valence-electron chi connectivity index (χ0n) is 18.8. The summed E-state index contributed by atoms with van der Waals surface area (Å²) in [6.07, 6.45) is 2.49. The van der Waals surface area contributed by atoms with Crippen LogP contribution in [-0.2, 0) is 14.3 Å². The van der Waals surface area contributed by atoms with Crippen molar-refractivity contribution in [2.45, 2.75) is 25.0 Å². The third-order valence-corrected chi connectivity index (χ3v) is 6.37. The SMILES string of the molecule is C=CC1CCC(C(=O)Oc2ccc(-c3ccc(-c4ccc(C5CO5)c(F)c4F)cc3)cc2F)CO1. The van der Waals surface area contributed by atoms with Gasteiger partial charge in [-0.15, -0.1) is 6.58 Å². The Hall–Kier alpha value is -3.42. The van der Waals surface area contributed by atoms with Crippen molar-refractivity contribution in [2.24, 2.45) is 5.92 Å². The predicted molar refractivity (Wildman–Crippen MR) is 124 cm³/mol. The predicted octanol–water partition coefficient (Wildman–Crippen LogP) is 6.40. The number of esters is 1. The number of benzene rings is 3. The number of carbonyl (C=O) groups is 1. The average molecular weight is 480 g/mol. The van der Waals surface area contributed by atoms with Gasteiger partial charge in [-0.2, -0.15) is 0 Å². The first-order chi connectivity index (χ1) is 16.9. The van der Waals surface area contributed by atoms with E-state index in [-0.39, 0.29) is 35.7 Å². The molecule has 180 valence electrons. The minimum Gasteiger partial charge on any atom is -0.423 e. The second-order valence-electron chi connectivity index (χ2n) is 8.68. The van der Waals surface area contributed by atoms with E-state index < -0.39 is 29.3 Å². The van der Waals surface area contributed by atoms with Crippen LogP contribution in [0.15, 0.2) is 67.3 Å². The van der Waals surface area contributed by atoms with Crippen molar-refractivity contribution in [3.63, 3.8) is 0 Å². The van der Waals surface area contributed by atoms with E-state index in [0.29, 0.717) is 36.1 Å². The summed E-state index contributed by atoms with van der Waals surface area (Å²) in [5.41, 5.74) is 2.07. The fraction of sp³-hybridized carbons (Fsp3) is 0.250. The van der Waals surface area contributed by atoms with Gasteiger partial charge < -0.3 is 14.2 Å². The zero-order chi connectivity index (χ0) is 24.5. The molecule has 35 heavy (non-hydrogen) atoms. The molecule has 2 aliphatic heterocycles. The Morgan fingerprint density at radius 3 is 2.23 bits per heavy atom. The van der Waals surface area contributed by atoms with E-state index in [0.717, 1.165) is 0 Å². The van der Waals surface area contributed by atoms with E-state index in [4.69, 9.17) is 14.2 Å². The third-order valence-electron chi connectivity index (χ3n) is 6.37. The maximum Gasteiger partial charge on any atom is 0.316 e. The molecular weight excluding hydrogens is 457 g/mol. The zero-order valence-corrected chi connectivity index (χ0v) is 18.8. The minimum atomic E-state index is -0.925. The average Bonchev–Trinajstić information content (AvgIpc) is 3.72. The summed E-state index contributed by atoms with van der Waals surface area (Å²) in [6.45, 7) is 4.28. The normalized spacial score (nSPS) is 21.4. The fourth-order valence-corrected chi connectivity index (χ4v) is 4.20. The van der Waals surface area contributed by atoms with Gasteiger partial charge in [0.05, 0.1) is 25.2 Å². The molecular formula is C28H23F3O4. The van der Waals surface area contributed by atoms with Crippen molar-refractivity contribution in [1.82, 2.24) is 0 Å². The second kappa shape index (κ2) is 9.68. The summed E-state index contributed by atoms with van der Waals surface area (Å²) in [7, 11) is 0. The standard InChI is InChI=1S/C28H23F3O4/c1-2-20-9-7-19(14-33-20)28(32)35-24-12-8-18(13-23(24)29)16-3-5-17(6-4-16)21-10-11-22(25-15-34-25)27(31)26(21)30/h2-6,8,10-13,19-20,25H,1,7,9,14-15H2. The molecule has 0 saturated carbocycles. The Morgan fingerprint density at radius 2 is 1.60 bits per heavy atom. The van der Waals surface area contributed by atoms with E-state index in [1.165, 1.54) is 24.3 Å². The molecule has 0 spiro atoms. The number of epoxide rings is 1. The summed E-state index contributed by atoms with van der Waals surface area (Å²) in [5, 5.41) is 0. The molecule has 2 saturated heterocycles. The summed E-state index contributed by atoms with van der Waals surface area (Å²) in [4.78, 5) is 12.4. The first-order valence-corrected chi connectivity index (χ1v) is 11.4. The highest BCUT2D eigenvalue weighted by atomic mass is 19.2. The van der Waals surface area contributed by atoms with Gasteiger partial charge in [-0.25, -0.2) is 13.2 Å². The van der Waals surface area contributed by atoms with E-state index in [1.807, 2.05) is 0 Å². The van der Waals surface area contributed by atoms with Gasteiger partial charge in [-0.05, 0) is 41.7 Å². The lowest BCUT2D eigenvalue weighted by atomic mass is 9.98. The minimum absolute atomic E-state index is 0.0753. The highest BCUT2D eigenvalue weighted by Gasteiger charge is 2.30. The van der Waals surface area contributed by atoms with Crippen LogP contribution in [0.2, 0.25) is 0 Å². The largest absolute Gasteiger partial charge is 0.423 e. The smallest absolute Gasteiger partial charge is 0.316 e. The van der Waals surface area contributed by atoms with Crippen LogP contribution in [0.4, 0.5) is 13.2 Å². The molecule has 3 aromatic carbocycles. The summed E-state index contributed by atoms with van der Waals surface area (Å²) >= 11 is 0. The summed E-state index contributed by atoms with van der Waals surface area (Å²) in [5.74, 6) is -3.64. The van der Waals surface area contributed by atoms with Gasteiger partial charge in [0.1, 0.15) is 6.10 Å². The molecule has 2 heterocycles. The lowest BCUT2D eigenvalue weighted by Gasteiger charge is -2.25. The maximum absolute atomic E-state index is 14.7. The van der Waals surface area contributed by atoms with Crippen LogP contribution in [-0.4, -0.2) is 25.3 Å². The van der Waals surface area contributed by atoms with E-state index in [1.54, 1.807) is 36.4 Å². The van der Waals surface area contributed by atoms with Crippen molar-refractivity contribution in [1.29, 1.82) is 0 Å². The monoisotopic (exact) mass is 480 g/mol. The van der Waals surface area contributed by atoms with E-state index >= 15 is 0 Å². The molecule has 3 unspecified atom stereocenters. The summed E-state index contributed by atoms with van der Waals surface area (Å²) < 4.78 is 59.5. The highest BCUT2D eigenvalue weighted by Crippen LogP contribution is 2.36. The Balaban J connectivity index is 1.29. The molecule has 0 N–H and O–H groups in total. The quantitative estimate of drug-likeness (QED) is 0.177. The molecule has 0 amide bonds. The van der Waals surface area contributed by atoms with Crippen molar-refractivity contribution in [2.75, 3.05) is 13.2 Å². The van der Waals surface area contributed by atoms with Crippen LogP contribution >= 0.6 is 0 Å².